The third-order valence-corrected chi connectivity index (χ3v) is 5.23. The highest BCUT2D eigenvalue weighted by Crippen LogP contribution is 2.44. The van der Waals surface area contributed by atoms with Crippen LogP contribution in [0.2, 0.25) is 0 Å². The van der Waals surface area contributed by atoms with E-state index in [0.717, 1.165) is 6.07 Å². The van der Waals surface area contributed by atoms with Crippen molar-refractivity contribution in [3.8, 4) is 0 Å². The predicted molar refractivity (Wildman–Crippen MR) is 90.6 cm³/mol. The van der Waals surface area contributed by atoms with E-state index in [-0.39, 0.29) is 3.57 Å². The van der Waals surface area contributed by atoms with E-state index in [2.05, 4.69) is 0 Å². The summed E-state index contributed by atoms with van der Waals surface area (Å²) in [5.74, 6) is -4.60. The zero-order valence-corrected chi connectivity index (χ0v) is 16.7. The zero-order valence-electron chi connectivity index (χ0n) is 11.5. The van der Waals surface area contributed by atoms with Crippen LogP contribution in [0.1, 0.15) is 10.4 Å². The lowest BCUT2D eigenvalue weighted by Gasteiger charge is -2.36. The monoisotopic (exact) mass is 617 g/mol. The second-order valence-electron chi connectivity index (χ2n) is 4.71. The number of benzene rings is 1. The first-order chi connectivity index (χ1) is 11.0. The standard InChI is InChI=1S/C11H7F6I2NO4S/c12-10(13,14)9(11(15,16)17,4-25(22,23)24)20-8(21)6-2-1-5(18)3-7(6)19/h1-3H,4H2,(H,20,21)(H,22,23,24). The molecule has 1 amide bonds. The molecule has 1 aromatic carbocycles. The Morgan fingerprint density at radius 3 is 1.92 bits per heavy atom. The van der Waals surface area contributed by atoms with Gasteiger partial charge in [-0.15, -0.1) is 0 Å². The summed E-state index contributed by atoms with van der Waals surface area (Å²) < 4.78 is 110. The smallest absolute Gasteiger partial charge is 0.329 e. The van der Waals surface area contributed by atoms with E-state index in [4.69, 9.17) is 4.55 Å². The second-order valence-corrected chi connectivity index (χ2v) is 8.57. The van der Waals surface area contributed by atoms with Gasteiger partial charge in [-0.25, -0.2) is 0 Å². The highest BCUT2D eigenvalue weighted by atomic mass is 127. The van der Waals surface area contributed by atoms with Crippen molar-refractivity contribution >= 4 is 61.2 Å². The Labute approximate surface area is 164 Å². The van der Waals surface area contributed by atoms with Gasteiger partial charge < -0.3 is 5.32 Å². The van der Waals surface area contributed by atoms with Gasteiger partial charge in [-0.05, 0) is 63.4 Å². The van der Waals surface area contributed by atoms with Gasteiger partial charge in [0, 0.05) is 7.14 Å². The Bertz CT molecular complexity index is 764. The number of nitrogens with one attached hydrogen (secondary N) is 1. The van der Waals surface area contributed by atoms with E-state index in [0.29, 0.717) is 8.89 Å². The molecule has 25 heavy (non-hydrogen) atoms. The Morgan fingerprint density at radius 1 is 1.08 bits per heavy atom. The molecule has 0 bridgehead atoms. The third kappa shape index (κ3) is 5.31. The maximum atomic E-state index is 13.1. The normalized spacial score (nSPS) is 13.6. The highest BCUT2D eigenvalue weighted by molar-refractivity contribution is 14.1. The highest BCUT2D eigenvalue weighted by Gasteiger charge is 2.73. The molecule has 5 nitrogen and oxygen atoms in total. The molecule has 0 heterocycles. The van der Waals surface area contributed by atoms with Gasteiger partial charge in [0.25, 0.3) is 16.0 Å². The number of amides is 1. The summed E-state index contributed by atoms with van der Waals surface area (Å²) in [5.41, 5.74) is -5.69. The van der Waals surface area contributed by atoms with Gasteiger partial charge in [0.1, 0.15) is 5.75 Å². The quantitative estimate of drug-likeness (QED) is 0.309. The molecule has 0 aromatic heterocycles. The lowest BCUT2D eigenvalue weighted by Crippen LogP contribution is -2.70. The maximum absolute atomic E-state index is 13.1. The van der Waals surface area contributed by atoms with E-state index in [1.54, 1.807) is 0 Å². The molecule has 1 rings (SSSR count). The number of hydrogen-bond acceptors (Lipinski definition) is 3. The number of carbonyl (C=O) groups excluding carboxylic acids is 1. The Hall–Kier alpha value is -0.360. The molecule has 0 saturated carbocycles. The van der Waals surface area contributed by atoms with Gasteiger partial charge in [-0.1, -0.05) is 0 Å². The summed E-state index contributed by atoms with van der Waals surface area (Å²) in [4.78, 5) is 12.0. The largest absolute Gasteiger partial charge is 0.421 e. The number of carbonyl (C=O) groups is 1. The van der Waals surface area contributed by atoms with Crippen molar-refractivity contribution in [2.75, 3.05) is 5.75 Å². The van der Waals surface area contributed by atoms with E-state index >= 15 is 0 Å². The zero-order chi connectivity index (χ0) is 19.8. The first-order valence-corrected chi connectivity index (χ1v) is 9.63. The summed E-state index contributed by atoms with van der Waals surface area (Å²) in [6.45, 7) is 0. The molecule has 0 aliphatic heterocycles. The van der Waals surface area contributed by atoms with Gasteiger partial charge in [0.05, 0.1) is 5.56 Å². The Morgan fingerprint density at radius 2 is 1.56 bits per heavy atom. The maximum Gasteiger partial charge on any atom is 0.421 e. The van der Waals surface area contributed by atoms with Gasteiger partial charge >= 0.3 is 12.4 Å². The minimum absolute atomic E-state index is 0.0482. The number of alkyl halides is 6. The molecule has 2 N–H and O–H groups in total. The van der Waals surface area contributed by atoms with E-state index in [9.17, 15) is 39.6 Å². The van der Waals surface area contributed by atoms with Gasteiger partial charge in [-0.2, -0.15) is 34.8 Å². The van der Waals surface area contributed by atoms with Crippen LogP contribution in [-0.2, 0) is 10.1 Å². The van der Waals surface area contributed by atoms with Crippen LogP contribution < -0.4 is 5.32 Å². The van der Waals surface area contributed by atoms with Crippen molar-refractivity contribution in [1.29, 1.82) is 0 Å². The van der Waals surface area contributed by atoms with Crippen LogP contribution in [0.15, 0.2) is 18.2 Å². The first-order valence-electron chi connectivity index (χ1n) is 5.86. The molecule has 0 atom stereocenters. The molecule has 1 aromatic rings. The molecular weight excluding hydrogens is 610 g/mol. The topological polar surface area (TPSA) is 83.5 Å². The number of hydrogen-bond donors (Lipinski definition) is 2. The Balaban J connectivity index is 3.50. The molecule has 0 fully saturated rings. The summed E-state index contributed by atoms with van der Waals surface area (Å²) >= 11 is 3.34. The van der Waals surface area contributed by atoms with Crippen molar-refractivity contribution in [3.05, 3.63) is 30.9 Å². The van der Waals surface area contributed by atoms with Crippen LogP contribution in [0.4, 0.5) is 26.3 Å². The fraction of sp³-hybridized carbons (Fsp3) is 0.364. The number of rotatable bonds is 4. The lowest BCUT2D eigenvalue weighted by atomic mass is 9.99. The second kappa shape index (κ2) is 7.34. The fourth-order valence-corrected chi connectivity index (χ4v) is 4.50. The summed E-state index contributed by atoms with van der Waals surface area (Å²) in [6.07, 6.45) is -12.5. The first kappa shape index (κ1) is 22.7. The van der Waals surface area contributed by atoms with Crippen molar-refractivity contribution < 1.29 is 44.1 Å². The lowest BCUT2D eigenvalue weighted by molar-refractivity contribution is -0.296. The molecule has 0 aliphatic carbocycles. The van der Waals surface area contributed by atoms with E-state index < -0.39 is 45.2 Å². The van der Waals surface area contributed by atoms with E-state index in [1.165, 1.54) is 34.7 Å². The molecule has 142 valence electrons. The fourth-order valence-electron chi connectivity index (χ4n) is 1.71. The molecule has 0 saturated heterocycles. The van der Waals surface area contributed by atoms with Crippen LogP contribution in [0, 0.1) is 7.14 Å². The molecule has 0 aliphatic rings. The molecule has 0 spiro atoms. The van der Waals surface area contributed by atoms with Crippen molar-refractivity contribution in [3.63, 3.8) is 0 Å². The van der Waals surface area contributed by atoms with Crippen LogP contribution in [0.25, 0.3) is 0 Å². The average Bonchev–Trinajstić information content (AvgIpc) is 2.33. The molecule has 0 radical (unpaired) electrons. The molecule has 14 heteroatoms. The predicted octanol–water partition coefficient (Wildman–Crippen LogP) is 3.38. The number of halogens is 8. The average molecular weight is 617 g/mol. The Kier molecular flexibility index (Phi) is 6.66. The minimum atomic E-state index is -6.24. The van der Waals surface area contributed by atoms with E-state index in [1.807, 2.05) is 22.6 Å². The third-order valence-electron chi connectivity index (χ3n) is 2.87. The molecular formula is C11H7F6I2NO4S. The SMILES string of the molecule is O=C(NC(CS(=O)(=O)O)(C(F)(F)F)C(F)(F)F)c1ccc(I)cc1I. The summed E-state index contributed by atoms with van der Waals surface area (Å²) in [6, 6.07) is 3.58. The van der Waals surface area contributed by atoms with Gasteiger partial charge in [0.2, 0.25) is 5.54 Å². The summed E-state index contributed by atoms with van der Waals surface area (Å²) in [5, 5.41) is 0.708. The van der Waals surface area contributed by atoms with Crippen LogP contribution in [-0.4, -0.2) is 42.5 Å². The minimum Gasteiger partial charge on any atom is -0.329 e. The summed E-state index contributed by atoms with van der Waals surface area (Å²) in [7, 11) is -5.75. The van der Waals surface area contributed by atoms with Crippen LogP contribution in [0.5, 0.6) is 0 Å². The van der Waals surface area contributed by atoms with Crippen molar-refractivity contribution in [2.45, 2.75) is 17.9 Å². The van der Waals surface area contributed by atoms with Crippen molar-refractivity contribution in [2.24, 2.45) is 0 Å². The van der Waals surface area contributed by atoms with Gasteiger partial charge in [0.15, 0.2) is 0 Å². The van der Waals surface area contributed by atoms with Crippen LogP contribution in [0.3, 0.4) is 0 Å². The van der Waals surface area contributed by atoms with Crippen molar-refractivity contribution in [1.82, 2.24) is 5.32 Å². The van der Waals surface area contributed by atoms with Crippen LogP contribution >= 0.6 is 45.2 Å². The molecule has 0 unspecified atom stereocenters. The van der Waals surface area contributed by atoms with Gasteiger partial charge in [-0.3, -0.25) is 9.35 Å².